The van der Waals surface area contributed by atoms with Crippen molar-refractivity contribution in [2.75, 3.05) is 38.3 Å². The van der Waals surface area contributed by atoms with Gasteiger partial charge >= 0.3 is 12.1 Å². The van der Waals surface area contributed by atoms with E-state index >= 15 is 0 Å². The highest BCUT2D eigenvalue weighted by molar-refractivity contribution is 5.84. The Balaban J connectivity index is 1.88. The fraction of sp³-hybridized carbons (Fsp3) is 0.483. The Morgan fingerprint density at radius 2 is 1.72 bits per heavy atom. The second kappa shape index (κ2) is 13.3. The molecule has 0 unspecified atom stereocenters. The molecule has 0 fully saturated rings. The summed E-state index contributed by atoms with van der Waals surface area (Å²) in [5.41, 5.74) is 0.786. The zero-order chi connectivity index (χ0) is 29.2. The molecule has 0 radical (unpaired) electrons. The van der Waals surface area contributed by atoms with Crippen LogP contribution < -0.4 is 10.2 Å². The van der Waals surface area contributed by atoms with Crippen LogP contribution in [0.25, 0.3) is 5.57 Å². The third-order valence-electron chi connectivity index (χ3n) is 6.51. The number of anilines is 1. The molecule has 1 aromatic carbocycles. The number of ether oxygens (including phenoxy) is 3. The first-order chi connectivity index (χ1) is 18.4. The summed E-state index contributed by atoms with van der Waals surface area (Å²) in [6.45, 7) is 10.2. The maximum absolute atomic E-state index is 11.9. The molecule has 1 amide bonds. The molecule has 10 heteroatoms. The van der Waals surface area contributed by atoms with Crippen molar-refractivity contribution in [2.24, 2.45) is 5.41 Å². The van der Waals surface area contributed by atoms with Crippen molar-refractivity contribution >= 4 is 23.3 Å². The van der Waals surface area contributed by atoms with Gasteiger partial charge in [0.2, 0.25) is 0 Å². The SMILES string of the molecule is CCC(C)(C)C(=O)OCCNC(=O)OCCCN(C)c1ccc(C2=C(C#N)C(=C(C#N)C#N)OC2(C)C)cc1. The van der Waals surface area contributed by atoms with Crippen LogP contribution in [0.15, 0.2) is 41.2 Å². The molecular weight excluding hydrogens is 498 g/mol. The van der Waals surface area contributed by atoms with Crippen molar-refractivity contribution in [2.45, 2.75) is 53.1 Å². The molecule has 0 aliphatic carbocycles. The van der Waals surface area contributed by atoms with Crippen molar-refractivity contribution in [1.29, 1.82) is 15.8 Å². The van der Waals surface area contributed by atoms with E-state index in [0.29, 0.717) is 25.0 Å². The van der Waals surface area contributed by atoms with Gasteiger partial charge in [-0.3, -0.25) is 4.79 Å². The summed E-state index contributed by atoms with van der Waals surface area (Å²) < 4.78 is 16.2. The number of benzene rings is 1. The van der Waals surface area contributed by atoms with E-state index in [1.807, 2.05) is 57.0 Å². The number of esters is 1. The molecule has 0 aromatic heterocycles. The van der Waals surface area contributed by atoms with Crippen LogP contribution in [-0.4, -0.2) is 51.0 Å². The molecule has 39 heavy (non-hydrogen) atoms. The highest BCUT2D eigenvalue weighted by Gasteiger charge is 2.40. The van der Waals surface area contributed by atoms with E-state index < -0.39 is 17.1 Å². The second-order valence-electron chi connectivity index (χ2n) is 10.2. The van der Waals surface area contributed by atoms with E-state index in [9.17, 15) is 25.4 Å². The van der Waals surface area contributed by atoms with Gasteiger partial charge in [0.25, 0.3) is 0 Å². The van der Waals surface area contributed by atoms with E-state index in [1.54, 1.807) is 26.0 Å². The lowest BCUT2D eigenvalue weighted by Crippen LogP contribution is -2.32. The molecule has 1 N–H and O–H groups in total. The number of hydrogen-bond acceptors (Lipinski definition) is 9. The van der Waals surface area contributed by atoms with Crippen molar-refractivity contribution in [3.8, 4) is 18.2 Å². The Morgan fingerprint density at radius 3 is 2.28 bits per heavy atom. The van der Waals surface area contributed by atoms with Gasteiger partial charge in [0.15, 0.2) is 11.3 Å². The first-order valence-corrected chi connectivity index (χ1v) is 12.7. The lowest BCUT2D eigenvalue weighted by atomic mass is 9.89. The molecule has 0 spiro atoms. The summed E-state index contributed by atoms with van der Waals surface area (Å²) in [4.78, 5) is 25.8. The van der Waals surface area contributed by atoms with E-state index in [0.717, 1.165) is 11.3 Å². The minimum Gasteiger partial charge on any atom is -0.480 e. The Kier molecular flexibility index (Phi) is 10.5. The van der Waals surface area contributed by atoms with Crippen LogP contribution in [0.2, 0.25) is 0 Å². The molecule has 1 aliphatic heterocycles. The number of carbonyl (C=O) groups excluding carboxylic acids is 2. The predicted octanol–water partition coefficient (Wildman–Crippen LogP) is 4.61. The van der Waals surface area contributed by atoms with Crippen molar-refractivity contribution in [3.05, 3.63) is 46.7 Å². The van der Waals surface area contributed by atoms with Crippen LogP contribution in [0.3, 0.4) is 0 Å². The average molecular weight is 534 g/mol. The van der Waals surface area contributed by atoms with Gasteiger partial charge in [0, 0.05) is 24.9 Å². The summed E-state index contributed by atoms with van der Waals surface area (Å²) in [6, 6.07) is 13.2. The van der Waals surface area contributed by atoms with Crippen molar-refractivity contribution in [1.82, 2.24) is 5.32 Å². The van der Waals surface area contributed by atoms with E-state index in [2.05, 4.69) is 11.4 Å². The second-order valence-corrected chi connectivity index (χ2v) is 10.2. The molecule has 2 rings (SSSR count). The monoisotopic (exact) mass is 533 g/mol. The van der Waals surface area contributed by atoms with Crippen molar-refractivity contribution < 1.29 is 23.8 Å². The van der Waals surface area contributed by atoms with Crippen LogP contribution in [0, 0.1) is 39.4 Å². The normalized spacial score (nSPS) is 13.9. The van der Waals surface area contributed by atoms with Crippen LogP contribution in [0.5, 0.6) is 0 Å². The summed E-state index contributed by atoms with van der Waals surface area (Å²) >= 11 is 0. The Hall–Kier alpha value is -4.49. The third kappa shape index (κ3) is 7.75. The number of alkyl carbamates (subject to hydrolysis) is 1. The highest BCUT2D eigenvalue weighted by atomic mass is 16.6. The predicted molar refractivity (Wildman–Crippen MR) is 145 cm³/mol. The molecule has 0 saturated heterocycles. The largest absolute Gasteiger partial charge is 0.480 e. The standard InChI is InChI=1S/C29H35N5O5/c1-7-28(2,3)26(35)37-16-13-33-27(36)38-15-8-14-34(6)22-11-9-20(10-12-22)24-23(19-32)25(21(17-30)18-31)39-29(24,4)5/h9-12H,7-8,13-16H2,1-6H3,(H,33,36). The number of allylic oxidation sites excluding steroid dienone is 2. The molecule has 0 atom stereocenters. The van der Waals surface area contributed by atoms with Crippen LogP contribution in [0.1, 0.15) is 53.0 Å². The van der Waals surface area contributed by atoms with E-state index in [4.69, 9.17) is 14.2 Å². The van der Waals surface area contributed by atoms with Crippen molar-refractivity contribution in [3.63, 3.8) is 0 Å². The van der Waals surface area contributed by atoms with Gasteiger partial charge in [-0.05, 0) is 58.2 Å². The van der Waals surface area contributed by atoms with Gasteiger partial charge in [0.05, 0.1) is 18.6 Å². The molecule has 1 heterocycles. The molecule has 10 nitrogen and oxygen atoms in total. The summed E-state index contributed by atoms with van der Waals surface area (Å²) in [7, 11) is 1.91. The van der Waals surface area contributed by atoms with Gasteiger partial charge in [-0.25, -0.2) is 4.79 Å². The lowest BCUT2D eigenvalue weighted by Gasteiger charge is -2.24. The first-order valence-electron chi connectivity index (χ1n) is 12.7. The number of nitriles is 3. The van der Waals surface area contributed by atoms with Gasteiger partial charge in [-0.15, -0.1) is 0 Å². The minimum absolute atomic E-state index is 0.00851. The first kappa shape index (κ1) is 30.7. The number of rotatable bonds is 11. The molecular formula is C29H35N5O5. The van der Waals surface area contributed by atoms with E-state index in [1.165, 1.54) is 0 Å². The average Bonchev–Trinajstić information content (AvgIpc) is 3.19. The quantitative estimate of drug-likeness (QED) is 0.244. The molecule has 1 aromatic rings. The summed E-state index contributed by atoms with van der Waals surface area (Å²) in [5, 5.41) is 30.8. The molecule has 1 aliphatic rings. The highest BCUT2D eigenvalue weighted by Crippen LogP contribution is 2.45. The third-order valence-corrected chi connectivity index (χ3v) is 6.51. The smallest absolute Gasteiger partial charge is 0.407 e. The fourth-order valence-corrected chi connectivity index (χ4v) is 3.84. The zero-order valence-corrected chi connectivity index (χ0v) is 23.4. The summed E-state index contributed by atoms with van der Waals surface area (Å²) in [6.07, 6.45) is 0.689. The zero-order valence-electron chi connectivity index (χ0n) is 23.4. The van der Waals surface area contributed by atoms with Crippen LogP contribution in [-0.2, 0) is 19.0 Å². The number of nitrogens with one attached hydrogen (secondary N) is 1. The number of carbonyl (C=O) groups is 2. The number of nitrogens with zero attached hydrogens (tertiary/aromatic N) is 4. The summed E-state index contributed by atoms with van der Waals surface area (Å²) in [5.74, 6) is -0.290. The minimum atomic E-state index is -0.890. The van der Waals surface area contributed by atoms with Gasteiger partial charge in [-0.2, -0.15) is 15.8 Å². The van der Waals surface area contributed by atoms with Crippen LogP contribution in [0.4, 0.5) is 10.5 Å². The molecule has 0 bridgehead atoms. The maximum Gasteiger partial charge on any atom is 0.407 e. The Bertz CT molecular complexity index is 1240. The topological polar surface area (TPSA) is 148 Å². The van der Waals surface area contributed by atoms with E-state index in [-0.39, 0.29) is 42.6 Å². The maximum atomic E-state index is 11.9. The van der Waals surface area contributed by atoms with Gasteiger partial charge < -0.3 is 24.4 Å². The molecule has 0 saturated carbocycles. The van der Waals surface area contributed by atoms with Gasteiger partial charge in [0.1, 0.15) is 36.0 Å². The Labute approximate surface area is 230 Å². The number of hydrogen-bond donors (Lipinski definition) is 1. The Morgan fingerprint density at radius 1 is 1.08 bits per heavy atom. The molecule has 206 valence electrons. The number of amides is 1. The van der Waals surface area contributed by atoms with Gasteiger partial charge in [-0.1, -0.05) is 19.1 Å². The lowest BCUT2D eigenvalue weighted by molar-refractivity contribution is -0.153. The van der Waals surface area contributed by atoms with Crippen LogP contribution >= 0.6 is 0 Å². The fourth-order valence-electron chi connectivity index (χ4n) is 3.84.